The molecule has 1 heterocycles. The Bertz CT molecular complexity index is 883. The van der Waals surface area contributed by atoms with Crippen LogP contribution in [0.4, 0.5) is 0 Å². The van der Waals surface area contributed by atoms with E-state index in [2.05, 4.69) is 21.7 Å². The normalized spacial score (nSPS) is 10.9. The molecule has 7 heteroatoms. The average molecular weight is 394 g/mol. The van der Waals surface area contributed by atoms with E-state index in [1.807, 2.05) is 36.4 Å². The molecule has 0 aliphatic carbocycles. The topological polar surface area (TPSA) is 39.9 Å². The lowest BCUT2D eigenvalue weighted by Crippen LogP contribution is -2.01. The smallest absolute Gasteiger partial charge is 0.191 e. The van der Waals surface area contributed by atoms with E-state index >= 15 is 0 Å². The molecular weight excluding hydrogens is 377 g/mol. The van der Waals surface area contributed by atoms with Crippen molar-refractivity contribution in [1.29, 1.82) is 0 Å². The number of hydrogen-bond acceptors (Lipinski definition) is 4. The highest BCUT2D eigenvalue weighted by Crippen LogP contribution is 2.34. The average Bonchev–Trinajstić information content (AvgIpc) is 3.02. The first-order chi connectivity index (χ1) is 12.1. The monoisotopic (exact) mass is 393 g/mol. The van der Waals surface area contributed by atoms with Gasteiger partial charge in [-0.3, -0.25) is 0 Å². The van der Waals surface area contributed by atoms with Crippen LogP contribution in [-0.2, 0) is 12.3 Å². The first-order valence-corrected chi connectivity index (χ1v) is 9.51. The lowest BCUT2D eigenvalue weighted by atomic mass is 10.2. The van der Waals surface area contributed by atoms with Crippen LogP contribution < -0.4 is 4.74 Å². The zero-order chi connectivity index (χ0) is 17.8. The Labute approximate surface area is 161 Å². The summed E-state index contributed by atoms with van der Waals surface area (Å²) in [4.78, 5) is 0. The molecule has 3 rings (SSSR count). The van der Waals surface area contributed by atoms with Gasteiger partial charge in [0.25, 0.3) is 0 Å². The van der Waals surface area contributed by atoms with Crippen LogP contribution in [0.5, 0.6) is 5.75 Å². The van der Waals surface area contributed by atoms with Crippen LogP contribution >= 0.6 is 35.0 Å². The van der Waals surface area contributed by atoms with Gasteiger partial charge in [-0.2, -0.15) is 0 Å². The summed E-state index contributed by atoms with van der Waals surface area (Å²) in [6.07, 6.45) is 0. The number of ether oxygens (including phenoxy) is 1. The summed E-state index contributed by atoms with van der Waals surface area (Å²) in [5.41, 5.74) is 1.98. The molecule has 0 saturated carbocycles. The van der Waals surface area contributed by atoms with E-state index in [0.29, 0.717) is 5.02 Å². The van der Waals surface area contributed by atoms with Crippen LogP contribution in [0, 0.1) is 0 Å². The molecule has 0 saturated heterocycles. The number of benzene rings is 2. The third kappa shape index (κ3) is 4.11. The maximum atomic E-state index is 6.15. The minimum atomic E-state index is 0.634. The number of hydrogen-bond donors (Lipinski definition) is 0. The Morgan fingerprint density at radius 1 is 1.08 bits per heavy atom. The number of nitrogens with zero attached hydrogens (tertiary/aromatic N) is 3. The summed E-state index contributed by atoms with van der Waals surface area (Å²) in [5, 5.41) is 10.9. The van der Waals surface area contributed by atoms with Gasteiger partial charge in [0.2, 0.25) is 0 Å². The molecule has 0 atom stereocenters. The molecule has 4 nitrogen and oxygen atoms in total. The molecule has 2 aromatic carbocycles. The van der Waals surface area contributed by atoms with Gasteiger partial charge in [0.15, 0.2) is 11.0 Å². The van der Waals surface area contributed by atoms with Crippen molar-refractivity contribution < 1.29 is 4.74 Å². The summed E-state index contributed by atoms with van der Waals surface area (Å²) in [6, 6.07) is 13.3. The SMILES string of the molecule is CCn1c(SCc2cccc(Cl)c2)nnc1-c1cc(Cl)ccc1OC. The van der Waals surface area contributed by atoms with Crippen LogP contribution in [0.25, 0.3) is 11.4 Å². The van der Waals surface area contributed by atoms with Crippen molar-refractivity contribution in [2.24, 2.45) is 0 Å². The van der Waals surface area contributed by atoms with Crippen LogP contribution in [-0.4, -0.2) is 21.9 Å². The van der Waals surface area contributed by atoms with Crippen LogP contribution in [0.3, 0.4) is 0 Å². The van der Waals surface area contributed by atoms with Crippen LogP contribution in [0.15, 0.2) is 47.6 Å². The van der Waals surface area contributed by atoms with Crippen LogP contribution in [0.2, 0.25) is 10.0 Å². The Kier molecular flexibility index (Phi) is 5.89. The molecule has 0 aliphatic rings. The van der Waals surface area contributed by atoms with Crippen molar-refractivity contribution in [3.63, 3.8) is 0 Å². The number of rotatable bonds is 6. The first kappa shape index (κ1) is 18.1. The Hall–Kier alpha value is -1.69. The molecule has 0 bridgehead atoms. The molecule has 0 aliphatic heterocycles. The van der Waals surface area contributed by atoms with E-state index in [9.17, 15) is 0 Å². The van der Waals surface area contributed by atoms with E-state index in [-0.39, 0.29) is 0 Å². The van der Waals surface area contributed by atoms with Gasteiger partial charge in [-0.1, -0.05) is 47.1 Å². The molecule has 1 aromatic heterocycles. The molecule has 3 aromatic rings. The molecule has 0 radical (unpaired) electrons. The summed E-state index contributed by atoms with van der Waals surface area (Å²) in [6.45, 7) is 2.81. The third-order valence-electron chi connectivity index (χ3n) is 3.69. The number of methoxy groups -OCH3 is 1. The van der Waals surface area contributed by atoms with Gasteiger partial charge in [0, 0.05) is 22.3 Å². The zero-order valence-corrected chi connectivity index (χ0v) is 16.2. The fraction of sp³-hybridized carbons (Fsp3) is 0.222. The second-order valence-corrected chi connectivity index (χ2v) is 7.13. The van der Waals surface area contributed by atoms with Crippen molar-refractivity contribution in [2.75, 3.05) is 7.11 Å². The van der Waals surface area contributed by atoms with Gasteiger partial charge < -0.3 is 9.30 Å². The Balaban J connectivity index is 1.90. The predicted octanol–water partition coefficient (Wildman–Crippen LogP) is 5.57. The minimum Gasteiger partial charge on any atom is -0.496 e. The lowest BCUT2D eigenvalue weighted by Gasteiger charge is -2.11. The quantitative estimate of drug-likeness (QED) is 0.513. The Morgan fingerprint density at radius 2 is 1.88 bits per heavy atom. The summed E-state index contributed by atoms with van der Waals surface area (Å²) in [7, 11) is 1.63. The number of aromatic nitrogens is 3. The van der Waals surface area contributed by atoms with Crippen molar-refractivity contribution in [1.82, 2.24) is 14.8 Å². The molecular formula is C18H17Cl2N3OS. The maximum Gasteiger partial charge on any atom is 0.191 e. The summed E-state index contributed by atoms with van der Waals surface area (Å²) < 4.78 is 7.50. The summed E-state index contributed by atoms with van der Waals surface area (Å²) >= 11 is 13.8. The molecule has 0 spiro atoms. The second kappa shape index (κ2) is 8.13. The van der Waals surface area contributed by atoms with Gasteiger partial charge in [0.05, 0.1) is 12.7 Å². The van der Waals surface area contributed by atoms with E-state index in [0.717, 1.165) is 45.2 Å². The van der Waals surface area contributed by atoms with Crippen molar-refractivity contribution >= 4 is 35.0 Å². The first-order valence-electron chi connectivity index (χ1n) is 7.76. The minimum absolute atomic E-state index is 0.634. The molecule has 130 valence electrons. The van der Waals surface area contributed by atoms with Gasteiger partial charge >= 0.3 is 0 Å². The van der Waals surface area contributed by atoms with Gasteiger partial charge in [-0.15, -0.1) is 10.2 Å². The molecule has 0 N–H and O–H groups in total. The summed E-state index contributed by atoms with van der Waals surface area (Å²) in [5.74, 6) is 2.24. The zero-order valence-electron chi connectivity index (χ0n) is 13.9. The lowest BCUT2D eigenvalue weighted by molar-refractivity contribution is 0.416. The number of thioether (sulfide) groups is 1. The van der Waals surface area contributed by atoms with Crippen molar-refractivity contribution in [2.45, 2.75) is 24.4 Å². The molecule has 0 amide bonds. The highest BCUT2D eigenvalue weighted by atomic mass is 35.5. The molecule has 25 heavy (non-hydrogen) atoms. The third-order valence-corrected chi connectivity index (χ3v) is 5.20. The predicted molar refractivity (Wildman–Crippen MR) is 104 cm³/mol. The van der Waals surface area contributed by atoms with Crippen LogP contribution in [0.1, 0.15) is 12.5 Å². The fourth-order valence-electron chi connectivity index (χ4n) is 2.51. The largest absolute Gasteiger partial charge is 0.496 e. The fourth-order valence-corrected chi connectivity index (χ4v) is 3.84. The Morgan fingerprint density at radius 3 is 2.60 bits per heavy atom. The van der Waals surface area contributed by atoms with E-state index in [1.54, 1.807) is 24.9 Å². The van der Waals surface area contributed by atoms with E-state index in [4.69, 9.17) is 27.9 Å². The van der Waals surface area contributed by atoms with Gasteiger partial charge in [0.1, 0.15) is 5.75 Å². The molecule has 0 unspecified atom stereocenters. The van der Waals surface area contributed by atoms with Gasteiger partial charge in [-0.05, 0) is 42.8 Å². The standard InChI is InChI=1S/C18H17Cl2N3OS/c1-3-23-17(15-10-14(20)7-8-16(15)24-2)21-22-18(23)25-11-12-5-4-6-13(19)9-12/h4-10H,3,11H2,1-2H3. The van der Waals surface area contributed by atoms with Gasteiger partial charge in [-0.25, -0.2) is 0 Å². The maximum absolute atomic E-state index is 6.15. The second-order valence-electron chi connectivity index (χ2n) is 5.31. The highest BCUT2D eigenvalue weighted by molar-refractivity contribution is 7.98. The van der Waals surface area contributed by atoms with E-state index < -0.39 is 0 Å². The number of halogens is 2. The molecule has 0 fully saturated rings. The van der Waals surface area contributed by atoms with Crippen molar-refractivity contribution in [3.05, 3.63) is 58.1 Å². The van der Waals surface area contributed by atoms with E-state index in [1.165, 1.54) is 0 Å². The highest BCUT2D eigenvalue weighted by Gasteiger charge is 2.17. The van der Waals surface area contributed by atoms with Crippen molar-refractivity contribution in [3.8, 4) is 17.1 Å².